The first-order valence-electron chi connectivity index (χ1n) is 19.6. The molecule has 0 aliphatic rings. The maximum Gasteiger partial charge on any atom is 0.333 e. The van der Waals surface area contributed by atoms with Crippen molar-refractivity contribution in [2.75, 3.05) is 106 Å². The summed E-state index contributed by atoms with van der Waals surface area (Å²) < 4.78 is 49.9. The Labute approximate surface area is 310 Å². The molecule has 0 aromatic heterocycles. The van der Waals surface area contributed by atoms with Crippen LogP contribution in [0.2, 0.25) is 0 Å². The molecule has 0 aromatic carbocycles. The summed E-state index contributed by atoms with van der Waals surface area (Å²) in [6, 6.07) is 0. The lowest BCUT2D eigenvalue weighted by atomic mass is 10.3. The molecule has 300 valence electrons. The van der Waals surface area contributed by atoms with E-state index in [1.807, 2.05) is 0 Å². The highest BCUT2D eigenvalue weighted by Gasteiger charge is 2.03. The third-order valence-corrected chi connectivity index (χ3v) is 7.49. The van der Waals surface area contributed by atoms with Crippen LogP contribution in [0.3, 0.4) is 0 Å². The highest BCUT2D eigenvalue weighted by molar-refractivity contribution is 5.87. The van der Waals surface area contributed by atoms with Crippen LogP contribution in [0.25, 0.3) is 0 Å². The summed E-state index contributed by atoms with van der Waals surface area (Å²) in [5.41, 5.74) is 0.868. The van der Waals surface area contributed by atoms with Crippen molar-refractivity contribution in [3.8, 4) is 0 Å². The number of esters is 2. The predicted octanol–water partition coefficient (Wildman–Crippen LogP) is 7.58. The van der Waals surface area contributed by atoms with E-state index in [-0.39, 0.29) is 11.9 Å². The van der Waals surface area contributed by atoms with Gasteiger partial charge in [-0.2, -0.15) is 0 Å². The summed E-state index contributed by atoms with van der Waals surface area (Å²) in [5, 5.41) is 0. The van der Waals surface area contributed by atoms with Crippen molar-refractivity contribution in [2.24, 2.45) is 0 Å². The number of unbranched alkanes of at least 4 members (excludes halogenated alkanes) is 8. The third kappa shape index (κ3) is 40.8. The van der Waals surface area contributed by atoms with E-state index in [2.05, 4.69) is 13.2 Å². The molecule has 0 spiro atoms. The number of ether oxygens (including phenoxy) is 9. The second-order valence-corrected chi connectivity index (χ2v) is 12.8. The topological polar surface area (TPSA) is 117 Å². The number of hydrogen-bond acceptors (Lipinski definition) is 11. The Kier molecular flexibility index (Phi) is 39.4. The van der Waals surface area contributed by atoms with Crippen LogP contribution < -0.4 is 0 Å². The molecule has 11 nitrogen and oxygen atoms in total. The lowest BCUT2D eigenvalue weighted by molar-refractivity contribution is -0.140. The van der Waals surface area contributed by atoms with Gasteiger partial charge in [0.1, 0.15) is 0 Å². The molecule has 0 bridgehead atoms. The highest BCUT2D eigenvalue weighted by Crippen LogP contribution is 2.02. The summed E-state index contributed by atoms with van der Waals surface area (Å²) in [7, 11) is 0. The lowest BCUT2D eigenvalue weighted by Gasteiger charge is -2.08. The van der Waals surface area contributed by atoms with Gasteiger partial charge in [0.25, 0.3) is 0 Å². The SMILES string of the molecule is C=C(C)C(=O)OCCCCOCCCCOCCCCOCCCCOCCCCOCCCCOCCCCOCCCCOC(=O)C(=C)C. The second-order valence-electron chi connectivity index (χ2n) is 12.8. The van der Waals surface area contributed by atoms with E-state index in [0.717, 1.165) is 182 Å². The molecule has 0 fully saturated rings. The molecule has 0 unspecified atom stereocenters. The monoisotopic (exact) mass is 731 g/mol. The molecule has 0 radical (unpaired) electrons. The van der Waals surface area contributed by atoms with Crippen LogP contribution in [-0.2, 0) is 52.2 Å². The van der Waals surface area contributed by atoms with E-state index in [1.165, 1.54) is 0 Å². The van der Waals surface area contributed by atoms with Crippen molar-refractivity contribution in [3.05, 3.63) is 24.3 Å². The second kappa shape index (κ2) is 40.9. The zero-order chi connectivity index (χ0) is 37.3. The fourth-order valence-electron chi connectivity index (χ4n) is 4.35. The Morgan fingerprint density at radius 3 is 0.569 bits per heavy atom. The van der Waals surface area contributed by atoms with Crippen LogP contribution in [0.5, 0.6) is 0 Å². The highest BCUT2D eigenvalue weighted by atomic mass is 16.5. The van der Waals surface area contributed by atoms with Crippen molar-refractivity contribution in [3.63, 3.8) is 0 Å². The van der Waals surface area contributed by atoms with E-state index in [9.17, 15) is 9.59 Å². The molecule has 11 heteroatoms. The van der Waals surface area contributed by atoms with Crippen LogP contribution in [0.1, 0.15) is 117 Å². The van der Waals surface area contributed by atoms with Crippen LogP contribution >= 0.6 is 0 Å². The molecule has 0 aliphatic heterocycles. The average molecular weight is 731 g/mol. The minimum absolute atomic E-state index is 0.325. The smallest absolute Gasteiger partial charge is 0.333 e. The van der Waals surface area contributed by atoms with Gasteiger partial charge >= 0.3 is 11.9 Å². The molecule has 51 heavy (non-hydrogen) atoms. The van der Waals surface area contributed by atoms with Crippen molar-refractivity contribution in [1.29, 1.82) is 0 Å². The van der Waals surface area contributed by atoms with E-state index >= 15 is 0 Å². The Balaban J connectivity index is 3.10. The molecule has 0 saturated heterocycles. The molecular weight excluding hydrogens is 656 g/mol. The molecule has 0 saturated carbocycles. The van der Waals surface area contributed by atoms with Crippen LogP contribution in [0.4, 0.5) is 0 Å². The van der Waals surface area contributed by atoms with Crippen molar-refractivity contribution < 1.29 is 52.2 Å². The number of hydrogen-bond donors (Lipinski definition) is 0. The van der Waals surface area contributed by atoms with Crippen LogP contribution in [0, 0.1) is 0 Å². The maximum atomic E-state index is 11.3. The summed E-state index contributed by atoms with van der Waals surface area (Å²) in [5.74, 6) is -0.650. The molecule has 0 amide bonds. The third-order valence-electron chi connectivity index (χ3n) is 7.49. The molecular formula is C40H74O11. The van der Waals surface area contributed by atoms with Gasteiger partial charge in [-0.05, 0) is 117 Å². The first-order valence-corrected chi connectivity index (χ1v) is 19.6. The Hall–Kier alpha value is -1.86. The predicted molar refractivity (Wildman–Crippen MR) is 201 cm³/mol. The van der Waals surface area contributed by atoms with E-state index in [4.69, 9.17) is 42.6 Å². The first-order chi connectivity index (χ1) is 24.9. The minimum atomic E-state index is -0.325. The Bertz CT molecular complexity index is 741. The summed E-state index contributed by atoms with van der Waals surface area (Å²) in [6.45, 7) is 22.0. The normalized spacial score (nSPS) is 11.2. The maximum absolute atomic E-state index is 11.3. The molecule has 0 rings (SSSR count). The number of carbonyl (C=O) groups excluding carboxylic acids is 2. The molecule has 0 aliphatic carbocycles. The van der Waals surface area contributed by atoms with Gasteiger partial charge < -0.3 is 42.6 Å². The van der Waals surface area contributed by atoms with Crippen molar-refractivity contribution in [2.45, 2.75) is 117 Å². The summed E-state index contributed by atoms with van der Waals surface area (Å²) >= 11 is 0. The largest absolute Gasteiger partial charge is 0.462 e. The van der Waals surface area contributed by atoms with Crippen molar-refractivity contribution >= 4 is 11.9 Å². The Morgan fingerprint density at radius 1 is 0.294 bits per heavy atom. The number of rotatable bonds is 42. The van der Waals surface area contributed by atoms with E-state index in [1.54, 1.807) is 13.8 Å². The molecule has 0 heterocycles. The van der Waals surface area contributed by atoms with Gasteiger partial charge in [0.15, 0.2) is 0 Å². The lowest BCUT2D eigenvalue weighted by Crippen LogP contribution is -2.07. The fraction of sp³-hybridized carbons (Fsp3) is 0.850. The number of carbonyl (C=O) groups is 2. The van der Waals surface area contributed by atoms with Gasteiger partial charge in [-0.1, -0.05) is 13.2 Å². The molecule has 0 atom stereocenters. The van der Waals surface area contributed by atoms with Crippen LogP contribution in [0.15, 0.2) is 24.3 Å². The van der Waals surface area contributed by atoms with Crippen LogP contribution in [-0.4, -0.2) is 118 Å². The zero-order valence-corrected chi connectivity index (χ0v) is 32.5. The quantitative estimate of drug-likeness (QED) is 0.0352. The van der Waals surface area contributed by atoms with Gasteiger partial charge in [-0.3, -0.25) is 0 Å². The Morgan fingerprint density at radius 2 is 0.431 bits per heavy atom. The zero-order valence-electron chi connectivity index (χ0n) is 32.5. The standard InChI is InChI=1S/C40H74O11/c1-37(2)39(41)50-35-19-17-33-48-31-15-13-29-46-27-11-9-25-44-23-7-5-21-43-22-6-8-24-45-26-10-12-28-47-30-14-16-32-49-34-18-20-36-51-40(42)38(3)4/h1,3,5-36H2,2,4H3. The summed E-state index contributed by atoms with van der Waals surface area (Å²) in [6.07, 6.45) is 15.6. The van der Waals surface area contributed by atoms with Crippen molar-refractivity contribution in [1.82, 2.24) is 0 Å². The van der Waals surface area contributed by atoms with Gasteiger partial charge in [-0.25, -0.2) is 9.59 Å². The van der Waals surface area contributed by atoms with Gasteiger partial charge in [-0.15, -0.1) is 0 Å². The fourth-order valence-corrected chi connectivity index (χ4v) is 4.35. The van der Waals surface area contributed by atoms with E-state index in [0.29, 0.717) is 37.6 Å². The van der Waals surface area contributed by atoms with Gasteiger partial charge in [0, 0.05) is 104 Å². The molecule has 0 aromatic rings. The first kappa shape index (κ1) is 49.1. The average Bonchev–Trinajstić information content (AvgIpc) is 3.11. The van der Waals surface area contributed by atoms with E-state index < -0.39 is 0 Å². The molecule has 0 N–H and O–H groups in total. The summed E-state index contributed by atoms with van der Waals surface area (Å²) in [4.78, 5) is 22.5. The minimum Gasteiger partial charge on any atom is -0.462 e. The van der Waals surface area contributed by atoms with Gasteiger partial charge in [0.05, 0.1) is 13.2 Å². The van der Waals surface area contributed by atoms with Gasteiger partial charge in [0.2, 0.25) is 0 Å².